The predicted molar refractivity (Wildman–Crippen MR) is 101 cm³/mol. The number of halogens is 1. The summed E-state index contributed by atoms with van der Waals surface area (Å²) < 4.78 is 18.9. The van der Waals surface area contributed by atoms with Crippen molar-refractivity contribution >= 4 is 22.6 Å². The van der Waals surface area contributed by atoms with Crippen LogP contribution in [0.3, 0.4) is 0 Å². The summed E-state index contributed by atoms with van der Waals surface area (Å²) in [5.74, 6) is -1.77. The molecule has 1 saturated carbocycles. The van der Waals surface area contributed by atoms with Crippen molar-refractivity contribution in [3.8, 4) is 0 Å². The number of aryl methyl sites for hydroxylation is 2. The molecule has 1 aromatic carbocycles. The Kier molecular flexibility index (Phi) is 3.44. The van der Waals surface area contributed by atoms with E-state index in [0.29, 0.717) is 24.3 Å². The van der Waals surface area contributed by atoms with Gasteiger partial charge in [-0.2, -0.15) is 5.10 Å². The lowest BCUT2D eigenvalue weighted by Crippen LogP contribution is -2.22. The maximum absolute atomic E-state index is 15.3. The molecule has 0 saturated heterocycles. The van der Waals surface area contributed by atoms with Gasteiger partial charge in [-0.15, -0.1) is 0 Å². The molecule has 3 aromatic rings. The average molecular weight is 382 g/mol. The zero-order valence-corrected chi connectivity index (χ0v) is 15.6. The Balaban J connectivity index is 1.73. The number of aromatic carboxylic acids is 1. The topological polar surface area (TPSA) is 80.4 Å². The van der Waals surface area contributed by atoms with Gasteiger partial charge in [0.25, 0.3) is 0 Å². The zero-order valence-electron chi connectivity index (χ0n) is 15.6. The third-order valence-electron chi connectivity index (χ3n) is 5.68. The van der Waals surface area contributed by atoms with E-state index in [9.17, 15) is 14.7 Å². The summed E-state index contributed by atoms with van der Waals surface area (Å²) in [5, 5.41) is 14.0. The molecule has 3 heterocycles. The van der Waals surface area contributed by atoms with Crippen LogP contribution in [0.2, 0.25) is 0 Å². The summed E-state index contributed by atoms with van der Waals surface area (Å²) in [7, 11) is 1.86. The number of rotatable bonds is 3. The van der Waals surface area contributed by atoms with Crippen molar-refractivity contribution in [2.75, 3.05) is 4.90 Å². The van der Waals surface area contributed by atoms with E-state index in [0.717, 1.165) is 24.1 Å². The molecular weight excluding hydrogens is 363 g/mol. The van der Waals surface area contributed by atoms with Gasteiger partial charge in [-0.3, -0.25) is 9.48 Å². The lowest BCUT2D eigenvalue weighted by Gasteiger charge is -2.22. The molecule has 1 aliphatic heterocycles. The number of benzene rings is 1. The van der Waals surface area contributed by atoms with Gasteiger partial charge in [0.1, 0.15) is 11.4 Å². The van der Waals surface area contributed by atoms with Crippen LogP contribution in [0.5, 0.6) is 0 Å². The summed E-state index contributed by atoms with van der Waals surface area (Å²) in [5.41, 5.74) is 2.24. The zero-order chi connectivity index (χ0) is 19.7. The summed E-state index contributed by atoms with van der Waals surface area (Å²) in [6.07, 6.45) is 5.18. The first-order valence-electron chi connectivity index (χ1n) is 9.22. The highest BCUT2D eigenvalue weighted by Crippen LogP contribution is 2.40. The second-order valence-corrected chi connectivity index (χ2v) is 7.68. The molecule has 0 amide bonds. The smallest absolute Gasteiger partial charge is 0.341 e. The first-order valence-corrected chi connectivity index (χ1v) is 9.22. The van der Waals surface area contributed by atoms with Crippen LogP contribution in [-0.2, 0) is 20.1 Å². The number of pyridine rings is 1. The van der Waals surface area contributed by atoms with Crippen LogP contribution in [0.15, 0.2) is 23.3 Å². The minimum absolute atomic E-state index is 0.151. The van der Waals surface area contributed by atoms with Gasteiger partial charge >= 0.3 is 5.97 Å². The molecule has 0 spiro atoms. The summed E-state index contributed by atoms with van der Waals surface area (Å²) in [6.45, 7) is 2.59. The van der Waals surface area contributed by atoms with Crippen molar-refractivity contribution in [3.05, 3.63) is 56.9 Å². The lowest BCUT2D eigenvalue weighted by atomic mass is 10.0. The van der Waals surface area contributed by atoms with Gasteiger partial charge in [0.05, 0.1) is 28.8 Å². The number of hydrogen-bond acceptors (Lipinski definition) is 4. The van der Waals surface area contributed by atoms with Gasteiger partial charge in [0.2, 0.25) is 5.43 Å². The van der Waals surface area contributed by atoms with E-state index in [1.54, 1.807) is 17.7 Å². The number of carboxylic acid groups (broad SMARTS) is 1. The van der Waals surface area contributed by atoms with Crippen LogP contribution in [0, 0.1) is 12.7 Å². The quantitative estimate of drug-likeness (QED) is 0.753. The van der Waals surface area contributed by atoms with Gasteiger partial charge in [-0.25, -0.2) is 9.18 Å². The Hall–Kier alpha value is -3.16. The van der Waals surface area contributed by atoms with Gasteiger partial charge in [-0.05, 0) is 25.8 Å². The van der Waals surface area contributed by atoms with Gasteiger partial charge in [-0.1, -0.05) is 0 Å². The first-order chi connectivity index (χ1) is 13.3. The average Bonchev–Trinajstić information content (AvgIpc) is 3.31. The third kappa shape index (κ3) is 2.37. The van der Waals surface area contributed by atoms with Crippen molar-refractivity contribution in [1.29, 1.82) is 0 Å². The van der Waals surface area contributed by atoms with E-state index >= 15 is 4.39 Å². The molecule has 0 radical (unpaired) electrons. The summed E-state index contributed by atoms with van der Waals surface area (Å²) in [4.78, 5) is 26.2. The Morgan fingerprint density at radius 2 is 2.04 bits per heavy atom. The lowest BCUT2D eigenvalue weighted by molar-refractivity contribution is 0.0695. The van der Waals surface area contributed by atoms with Crippen LogP contribution in [0.1, 0.15) is 46.1 Å². The standard InChI is InChI=1S/C20H19FN4O3/c1-10-17-15(25(12-3-4-12)8-13(19(17)26)20(27)28)5-16(18(10)21)24-7-11-6-23(2)22-14(11)9-24/h5-6,8,12H,3-4,7,9H2,1-2H3,(H,27,28). The monoisotopic (exact) mass is 382 g/mol. The third-order valence-corrected chi connectivity index (χ3v) is 5.68. The molecule has 2 aliphatic rings. The van der Waals surface area contributed by atoms with Crippen molar-refractivity contribution in [2.24, 2.45) is 7.05 Å². The minimum atomic E-state index is -1.29. The number of anilines is 1. The molecule has 0 unspecified atom stereocenters. The normalized spacial score (nSPS) is 16.0. The van der Waals surface area contributed by atoms with Crippen molar-refractivity contribution < 1.29 is 14.3 Å². The SMILES string of the molecule is Cc1c(F)c(N2Cc3cn(C)nc3C2)cc2c1c(=O)c(C(=O)O)cn2C1CC1. The fraction of sp³-hybridized carbons (Fsp3) is 0.350. The summed E-state index contributed by atoms with van der Waals surface area (Å²) in [6, 6.07) is 1.84. The molecule has 144 valence electrons. The van der Waals surface area contributed by atoms with Gasteiger partial charge in [0.15, 0.2) is 0 Å². The number of carboxylic acids is 1. The van der Waals surface area contributed by atoms with Crippen LogP contribution >= 0.6 is 0 Å². The maximum Gasteiger partial charge on any atom is 0.341 e. The predicted octanol–water partition coefficient (Wildman–Crippen LogP) is 2.74. The number of nitrogens with zero attached hydrogens (tertiary/aromatic N) is 4. The highest BCUT2D eigenvalue weighted by atomic mass is 19.1. The molecule has 1 fully saturated rings. The molecular formula is C20H19FN4O3. The van der Waals surface area contributed by atoms with Crippen LogP contribution in [0.25, 0.3) is 10.9 Å². The highest BCUT2D eigenvalue weighted by molar-refractivity contribution is 5.95. The Morgan fingerprint density at radius 1 is 1.29 bits per heavy atom. The van der Waals surface area contributed by atoms with Crippen molar-refractivity contribution in [2.45, 2.75) is 38.9 Å². The van der Waals surface area contributed by atoms with Crippen LogP contribution in [0.4, 0.5) is 10.1 Å². The van der Waals surface area contributed by atoms with E-state index in [2.05, 4.69) is 5.10 Å². The Bertz CT molecular complexity index is 1200. The largest absolute Gasteiger partial charge is 0.477 e. The second-order valence-electron chi connectivity index (χ2n) is 7.68. The van der Waals surface area contributed by atoms with Gasteiger partial charge in [0, 0.05) is 43.2 Å². The van der Waals surface area contributed by atoms with Gasteiger partial charge < -0.3 is 14.6 Å². The molecule has 0 bridgehead atoms. The maximum atomic E-state index is 15.3. The Labute approximate surface area is 159 Å². The summed E-state index contributed by atoms with van der Waals surface area (Å²) >= 11 is 0. The van der Waals surface area contributed by atoms with Crippen LogP contribution in [-0.4, -0.2) is 25.4 Å². The molecule has 7 nitrogen and oxygen atoms in total. The molecule has 2 aromatic heterocycles. The van der Waals surface area contributed by atoms with E-state index in [1.807, 2.05) is 22.7 Å². The van der Waals surface area contributed by atoms with E-state index < -0.39 is 17.2 Å². The van der Waals surface area contributed by atoms with Crippen LogP contribution < -0.4 is 10.3 Å². The fourth-order valence-corrected chi connectivity index (χ4v) is 4.15. The van der Waals surface area contributed by atoms with Crippen molar-refractivity contribution in [1.82, 2.24) is 14.3 Å². The number of hydrogen-bond donors (Lipinski definition) is 1. The van der Waals surface area contributed by atoms with Crippen molar-refractivity contribution in [3.63, 3.8) is 0 Å². The Morgan fingerprint density at radius 3 is 2.68 bits per heavy atom. The molecule has 0 atom stereocenters. The number of aromatic nitrogens is 3. The minimum Gasteiger partial charge on any atom is -0.477 e. The molecule has 5 rings (SSSR count). The molecule has 1 aliphatic carbocycles. The molecule has 28 heavy (non-hydrogen) atoms. The molecule has 1 N–H and O–H groups in total. The van der Waals surface area contributed by atoms with E-state index in [4.69, 9.17) is 0 Å². The fourth-order valence-electron chi connectivity index (χ4n) is 4.15. The number of fused-ring (bicyclic) bond motifs is 2. The highest BCUT2D eigenvalue weighted by Gasteiger charge is 2.30. The number of carbonyl (C=O) groups is 1. The van der Waals surface area contributed by atoms with E-state index in [-0.39, 0.29) is 22.6 Å². The first kappa shape index (κ1) is 17.0. The van der Waals surface area contributed by atoms with E-state index in [1.165, 1.54) is 6.20 Å². The molecule has 8 heteroatoms. The second kappa shape index (κ2) is 5.67.